The van der Waals surface area contributed by atoms with Crippen molar-refractivity contribution in [3.63, 3.8) is 0 Å². The Morgan fingerprint density at radius 2 is 1.55 bits per heavy atom. The topological polar surface area (TPSA) is 93.1 Å². The van der Waals surface area contributed by atoms with Crippen molar-refractivity contribution in [2.45, 2.75) is 51.1 Å². The maximum atomic E-state index is 11.1. The zero-order chi connectivity index (χ0) is 15.8. The standard InChI is InChI=1S/C14H22O6/c1-5-11(15)19-14(18,20-12(16)6-2)10-8-9-13(4,17)7-3/h5-6,17-18H,1-2,7-10H2,3-4H3. The molecule has 0 saturated carbocycles. The van der Waals surface area contributed by atoms with Gasteiger partial charge in [-0.25, -0.2) is 9.59 Å². The molecule has 0 aliphatic carbocycles. The fourth-order valence-electron chi connectivity index (χ4n) is 1.39. The summed E-state index contributed by atoms with van der Waals surface area (Å²) >= 11 is 0. The molecule has 1 unspecified atom stereocenters. The van der Waals surface area contributed by atoms with Crippen LogP contribution in [0.3, 0.4) is 0 Å². The van der Waals surface area contributed by atoms with E-state index in [0.717, 1.165) is 12.2 Å². The molecule has 0 spiro atoms. The highest BCUT2D eigenvalue weighted by atomic mass is 16.8. The third-order valence-corrected chi connectivity index (χ3v) is 2.82. The van der Waals surface area contributed by atoms with Gasteiger partial charge in [-0.15, -0.1) is 0 Å². The molecule has 0 saturated heterocycles. The highest BCUT2D eigenvalue weighted by Gasteiger charge is 2.35. The molecule has 0 aliphatic rings. The van der Waals surface area contributed by atoms with Gasteiger partial charge in [0.05, 0.1) is 12.0 Å². The van der Waals surface area contributed by atoms with E-state index in [2.05, 4.69) is 22.6 Å². The number of hydrogen-bond acceptors (Lipinski definition) is 6. The van der Waals surface area contributed by atoms with Crippen molar-refractivity contribution < 1.29 is 29.3 Å². The number of carbonyl (C=O) groups is 2. The van der Waals surface area contributed by atoms with Crippen molar-refractivity contribution in [3.8, 4) is 0 Å². The number of ether oxygens (including phenoxy) is 2. The fraction of sp³-hybridized carbons (Fsp3) is 0.571. The monoisotopic (exact) mass is 286 g/mol. The van der Waals surface area contributed by atoms with Crippen LogP contribution in [0, 0.1) is 0 Å². The number of rotatable bonds is 9. The average Bonchev–Trinajstić information content (AvgIpc) is 2.37. The van der Waals surface area contributed by atoms with E-state index in [1.165, 1.54) is 0 Å². The number of hydrogen-bond donors (Lipinski definition) is 2. The van der Waals surface area contributed by atoms with Crippen molar-refractivity contribution in [1.82, 2.24) is 0 Å². The van der Waals surface area contributed by atoms with Crippen molar-refractivity contribution in [2.24, 2.45) is 0 Å². The van der Waals surface area contributed by atoms with Crippen LogP contribution in [0.1, 0.15) is 39.5 Å². The largest absolute Gasteiger partial charge is 0.395 e. The average molecular weight is 286 g/mol. The Morgan fingerprint density at radius 1 is 1.10 bits per heavy atom. The summed E-state index contributed by atoms with van der Waals surface area (Å²) in [4.78, 5) is 22.3. The van der Waals surface area contributed by atoms with E-state index in [-0.39, 0.29) is 12.8 Å². The Bertz CT molecular complexity index is 350. The van der Waals surface area contributed by atoms with E-state index in [1.807, 2.05) is 6.92 Å². The summed E-state index contributed by atoms with van der Waals surface area (Å²) in [5.74, 6) is -4.24. The van der Waals surface area contributed by atoms with Crippen LogP contribution in [0.2, 0.25) is 0 Å². The van der Waals surface area contributed by atoms with Crippen LogP contribution in [0.25, 0.3) is 0 Å². The third-order valence-electron chi connectivity index (χ3n) is 2.82. The number of aliphatic hydroxyl groups is 2. The minimum Gasteiger partial charge on any atom is -0.395 e. The molecule has 0 amide bonds. The Morgan fingerprint density at radius 3 is 1.90 bits per heavy atom. The van der Waals surface area contributed by atoms with Crippen molar-refractivity contribution in [1.29, 1.82) is 0 Å². The lowest BCUT2D eigenvalue weighted by Gasteiger charge is -2.27. The first-order chi connectivity index (χ1) is 9.18. The highest BCUT2D eigenvalue weighted by molar-refractivity contribution is 5.83. The molecule has 0 heterocycles. The molecule has 0 rings (SSSR count). The van der Waals surface area contributed by atoms with Gasteiger partial charge in [0.15, 0.2) is 0 Å². The molecule has 0 aromatic heterocycles. The smallest absolute Gasteiger partial charge is 0.373 e. The molecule has 114 valence electrons. The summed E-state index contributed by atoms with van der Waals surface area (Å²) in [6, 6.07) is 0. The lowest BCUT2D eigenvalue weighted by atomic mass is 9.96. The van der Waals surface area contributed by atoms with E-state index in [9.17, 15) is 19.8 Å². The van der Waals surface area contributed by atoms with E-state index in [0.29, 0.717) is 12.8 Å². The lowest BCUT2D eigenvalue weighted by molar-refractivity contribution is -0.324. The summed E-state index contributed by atoms with van der Waals surface area (Å²) in [7, 11) is 0. The second-order valence-electron chi connectivity index (χ2n) is 4.67. The SMILES string of the molecule is C=CC(=O)OC(O)(CCCC(C)(O)CC)OC(=O)C=C. The van der Waals surface area contributed by atoms with Crippen LogP contribution in [0.4, 0.5) is 0 Å². The summed E-state index contributed by atoms with van der Waals surface area (Å²) in [6.45, 7) is 9.85. The van der Waals surface area contributed by atoms with E-state index in [4.69, 9.17) is 0 Å². The van der Waals surface area contributed by atoms with Crippen LogP contribution in [-0.4, -0.2) is 33.7 Å². The maximum absolute atomic E-state index is 11.1. The van der Waals surface area contributed by atoms with Gasteiger partial charge in [0.1, 0.15) is 0 Å². The van der Waals surface area contributed by atoms with Gasteiger partial charge in [-0.1, -0.05) is 20.1 Å². The molecule has 20 heavy (non-hydrogen) atoms. The second-order valence-corrected chi connectivity index (χ2v) is 4.67. The molecule has 0 aliphatic heterocycles. The van der Waals surface area contributed by atoms with Crippen molar-refractivity contribution in [3.05, 3.63) is 25.3 Å². The van der Waals surface area contributed by atoms with Gasteiger partial charge in [-0.2, -0.15) is 0 Å². The van der Waals surface area contributed by atoms with Crippen molar-refractivity contribution >= 4 is 11.9 Å². The summed E-state index contributed by atoms with van der Waals surface area (Å²) in [5.41, 5.74) is -0.897. The van der Waals surface area contributed by atoms with Gasteiger partial charge in [0.2, 0.25) is 0 Å². The third kappa shape index (κ3) is 7.06. The number of carbonyl (C=O) groups excluding carboxylic acids is 2. The summed E-state index contributed by atoms with van der Waals surface area (Å²) in [6.07, 6.45) is 2.69. The first-order valence-corrected chi connectivity index (χ1v) is 6.33. The molecule has 0 fully saturated rings. The minimum absolute atomic E-state index is 0.164. The van der Waals surface area contributed by atoms with Gasteiger partial charge in [-0.05, 0) is 26.2 Å². The second kappa shape index (κ2) is 7.81. The molecule has 0 aromatic carbocycles. The predicted octanol–water partition coefficient (Wildman–Crippen LogP) is 1.42. The van der Waals surface area contributed by atoms with Crippen LogP contribution >= 0.6 is 0 Å². The molecule has 0 radical (unpaired) electrons. The molecule has 6 heteroatoms. The molecule has 6 nitrogen and oxygen atoms in total. The summed E-state index contributed by atoms with van der Waals surface area (Å²) < 4.78 is 9.27. The van der Waals surface area contributed by atoms with E-state index < -0.39 is 23.5 Å². The molecule has 1 atom stereocenters. The Labute approximate surface area is 118 Å². The first kappa shape index (κ1) is 18.3. The Kier molecular flexibility index (Phi) is 7.17. The highest BCUT2D eigenvalue weighted by Crippen LogP contribution is 2.23. The van der Waals surface area contributed by atoms with Crippen LogP contribution in [-0.2, 0) is 19.1 Å². The van der Waals surface area contributed by atoms with Crippen molar-refractivity contribution in [2.75, 3.05) is 0 Å². The fourth-order valence-corrected chi connectivity index (χ4v) is 1.39. The zero-order valence-electron chi connectivity index (χ0n) is 11.9. The normalized spacial score (nSPS) is 14.0. The van der Waals surface area contributed by atoms with Gasteiger partial charge in [0, 0.05) is 12.2 Å². The van der Waals surface area contributed by atoms with Crippen LogP contribution in [0.5, 0.6) is 0 Å². The molecule has 0 aromatic rings. The molecular weight excluding hydrogens is 264 g/mol. The zero-order valence-corrected chi connectivity index (χ0v) is 11.9. The minimum atomic E-state index is -2.39. The lowest BCUT2D eigenvalue weighted by Crippen LogP contribution is -2.39. The molecule has 2 N–H and O–H groups in total. The first-order valence-electron chi connectivity index (χ1n) is 6.33. The van der Waals surface area contributed by atoms with Gasteiger partial charge < -0.3 is 19.7 Å². The Hall–Kier alpha value is -1.66. The summed E-state index contributed by atoms with van der Waals surface area (Å²) in [5, 5.41) is 19.9. The predicted molar refractivity (Wildman–Crippen MR) is 72.3 cm³/mol. The van der Waals surface area contributed by atoms with Crippen LogP contribution in [0.15, 0.2) is 25.3 Å². The molecular formula is C14H22O6. The van der Waals surface area contributed by atoms with E-state index >= 15 is 0 Å². The Balaban J connectivity index is 4.68. The maximum Gasteiger partial charge on any atom is 0.373 e. The molecule has 0 bridgehead atoms. The van der Waals surface area contributed by atoms with Gasteiger partial charge in [-0.3, -0.25) is 0 Å². The van der Waals surface area contributed by atoms with E-state index in [1.54, 1.807) is 6.92 Å². The van der Waals surface area contributed by atoms with Gasteiger partial charge in [0.25, 0.3) is 0 Å². The van der Waals surface area contributed by atoms with Gasteiger partial charge >= 0.3 is 17.9 Å². The number of esters is 2. The van der Waals surface area contributed by atoms with Crippen LogP contribution < -0.4 is 0 Å². The quantitative estimate of drug-likeness (QED) is 0.378.